The second kappa shape index (κ2) is 3.95. The second-order valence-corrected chi connectivity index (χ2v) is 8.36. The number of nitrogens with zero attached hydrogens (tertiary/aromatic N) is 2. The summed E-state index contributed by atoms with van der Waals surface area (Å²) in [6.45, 7) is 10.7. The van der Waals surface area contributed by atoms with Gasteiger partial charge in [-0.25, -0.2) is 0 Å². The zero-order chi connectivity index (χ0) is 9.90. The molecule has 0 atom stereocenters. The fraction of sp³-hybridized carbons (Fsp3) is 0.500. The maximum atomic E-state index is 5.70. The number of hydrazine groups is 2. The van der Waals surface area contributed by atoms with Gasteiger partial charge in [-0.2, -0.15) is 0 Å². The summed E-state index contributed by atoms with van der Waals surface area (Å²) < 4.78 is 5.70. The van der Waals surface area contributed by atoms with Gasteiger partial charge in [0.1, 0.15) is 6.73 Å². The molecule has 0 fully saturated rings. The molecule has 0 aliphatic carbocycles. The number of rotatable bonds is 4. The minimum Gasteiger partial charge on any atom is -0.399 e. The van der Waals surface area contributed by atoms with Gasteiger partial charge in [-0.15, -0.1) is 5.53 Å². The predicted molar refractivity (Wildman–Crippen MR) is 55.4 cm³/mol. The highest BCUT2D eigenvalue weighted by Gasteiger charge is 2.16. The topological polar surface area (TPSA) is 27.7 Å². The first-order valence-corrected chi connectivity index (χ1v) is 7.68. The van der Waals surface area contributed by atoms with Crippen molar-refractivity contribution in [3.8, 4) is 0 Å². The van der Waals surface area contributed by atoms with Crippen LogP contribution in [0.25, 0.3) is 0 Å². The summed E-state index contributed by atoms with van der Waals surface area (Å²) in [5.41, 5.74) is 3.05. The fourth-order valence-electron chi connectivity index (χ4n) is 0.804. The Morgan fingerprint density at radius 1 is 1.46 bits per heavy atom. The van der Waals surface area contributed by atoms with Gasteiger partial charge in [-0.1, -0.05) is 6.58 Å². The van der Waals surface area contributed by atoms with Gasteiger partial charge in [0.25, 0.3) is 0 Å². The molecular weight excluding hydrogens is 182 g/mol. The number of hydrogen-bond donors (Lipinski definition) is 1. The van der Waals surface area contributed by atoms with Crippen LogP contribution >= 0.6 is 0 Å². The Balaban J connectivity index is 2.26. The largest absolute Gasteiger partial charge is 0.399 e. The lowest BCUT2D eigenvalue weighted by molar-refractivity contribution is 0.0825. The molecular formula is C8H17N3OSi. The minimum absolute atomic E-state index is 0.580. The van der Waals surface area contributed by atoms with E-state index in [-0.39, 0.29) is 0 Å². The van der Waals surface area contributed by atoms with Crippen LogP contribution in [0.3, 0.4) is 0 Å². The molecule has 4 nitrogen and oxygen atoms in total. The van der Waals surface area contributed by atoms with E-state index in [9.17, 15) is 0 Å². The molecule has 13 heavy (non-hydrogen) atoms. The summed E-state index contributed by atoms with van der Waals surface area (Å²) in [6, 6.07) is 0. The molecule has 1 N–H and O–H groups in total. The van der Waals surface area contributed by atoms with Gasteiger partial charge in [-0.05, 0) is 19.6 Å². The van der Waals surface area contributed by atoms with Gasteiger partial charge >= 0.3 is 0 Å². The molecule has 1 heterocycles. The Kier molecular flexibility index (Phi) is 3.13. The van der Waals surface area contributed by atoms with Crippen LogP contribution < -0.4 is 5.53 Å². The maximum Gasteiger partial charge on any atom is 0.186 e. The molecule has 0 saturated heterocycles. The van der Waals surface area contributed by atoms with E-state index in [0.717, 1.165) is 0 Å². The highest BCUT2D eigenvalue weighted by Crippen LogP contribution is 2.05. The SMILES string of the molecule is C=CN1C=CN(CO[Si](C)(C)C)N1. The van der Waals surface area contributed by atoms with Gasteiger partial charge in [0.05, 0.1) is 0 Å². The van der Waals surface area contributed by atoms with Crippen LogP contribution in [0.15, 0.2) is 25.2 Å². The summed E-state index contributed by atoms with van der Waals surface area (Å²) in [7, 11) is -1.42. The molecule has 1 aliphatic heterocycles. The van der Waals surface area contributed by atoms with Crippen molar-refractivity contribution < 1.29 is 4.43 Å². The van der Waals surface area contributed by atoms with E-state index in [0.29, 0.717) is 6.73 Å². The maximum absolute atomic E-state index is 5.70. The molecule has 0 radical (unpaired) electrons. The van der Waals surface area contributed by atoms with Gasteiger partial charge in [0.15, 0.2) is 8.32 Å². The molecule has 0 saturated carbocycles. The molecule has 0 spiro atoms. The summed E-state index contributed by atoms with van der Waals surface area (Å²) in [5.74, 6) is 0. The van der Waals surface area contributed by atoms with E-state index in [1.54, 1.807) is 11.2 Å². The molecule has 1 rings (SSSR count). The smallest absolute Gasteiger partial charge is 0.186 e. The molecule has 0 aromatic heterocycles. The first kappa shape index (κ1) is 10.3. The van der Waals surface area contributed by atoms with Crippen LogP contribution in [0, 0.1) is 0 Å². The molecule has 0 bridgehead atoms. The Hall–Kier alpha value is -0.783. The molecule has 1 aliphatic rings. The van der Waals surface area contributed by atoms with Crippen LogP contribution in [0.1, 0.15) is 0 Å². The van der Waals surface area contributed by atoms with E-state index in [4.69, 9.17) is 4.43 Å². The first-order chi connectivity index (χ1) is 6.01. The van der Waals surface area contributed by atoms with Gasteiger partial charge in [-0.3, -0.25) is 10.0 Å². The number of hydrogen-bond acceptors (Lipinski definition) is 4. The van der Waals surface area contributed by atoms with Gasteiger partial charge in [0, 0.05) is 18.6 Å². The molecule has 0 amide bonds. The Morgan fingerprint density at radius 2 is 2.15 bits per heavy atom. The number of nitrogens with one attached hydrogen (secondary N) is 1. The van der Waals surface area contributed by atoms with Crippen molar-refractivity contribution in [2.45, 2.75) is 19.6 Å². The van der Waals surface area contributed by atoms with Crippen LogP contribution in [0.4, 0.5) is 0 Å². The fourth-order valence-corrected chi connectivity index (χ4v) is 1.33. The quantitative estimate of drug-likeness (QED) is 0.694. The van der Waals surface area contributed by atoms with Crippen LogP contribution in [-0.4, -0.2) is 25.1 Å². The zero-order valence-electron chi connectivity index (χ0n) is 8.45. The van der Waals surface area contributed by atoms with E-state index in [1.165, 1.54) is 0 Å². The van der Waals surface area contributed by atoms with Crippen molar-refractivity contribution in [2.75, 3.05) is 6.73 Å². The van der Waals surface area contributed by atoms with Crippen molar-refractivity contribution >= 4 is 8.32 Å². The summed E-state index contributed by atoms with van der Waals surface area (Å²) in [4.78, 5) is 0. The van der Waals surface area contributed by atoms with E-state index in [2.05, 4.69) is 31.8 Å². The predicted octanol–water partition coefficient (Wildman–Crippen LogP) is 1.45. The molecule has 0 aromatic rings. The average molecular weight is 199 g/mol. The summed E-state index contributed by atoms with van der Waals surface area (Å²) in [6.07, 6.45) is 5.51. The monoisotopic (exact) mass is 199 g/mol. The lowest BCUT2D eigenvalue weighted by Crippen LogP contribution is -2.40. The summed E-state index contributed by atoms with van der Waals surface area (Å²) in [5, 5.41) is 3.65. The van der Waals surface area contributed by atoms with Crippen LogP contribution in [-0.2, 0) is 4.43 Å². The molecule has 5 heteroatoms. The van der Waals surface area contributed by atoms with Gasteiger partial charge in [0.2, 0.25) is 0 Å². The standard InChI is InChI=1S/C8H17N3OSi/c1-5-10-6-7-11(9-10)8-12-13(2,3)4/h5-7,9H,1,8H2,2-4H3. The Labute approximate surface area is 80.5 Å². The third-order valence-electron chi connectivity index (χ3n) is 1.48. The third kappa shape index (κ3) is 3.62. The highest BCUT2D eigenvalue weighted by atomic mass is 28.4. The molecule has 74 valence electrons. The molecule has 0 aromatic carbocycles. The van der Waals surface area contributed by atoms with E-state index >= 15 is 0 Å². The minimum atomic E-state index is -1.42. The van der Waals surface area contributed by atoms with Gasteiger partial charge < -0.3 is 4.43 Å². The van der Waals surface area contributed by atoms with E-state index in [1.807, 2.05) is 17.4 Å². The van der Waals surface area contributed by atoms with Crippen molar-refractivity contribution in [1.82, 2.24) is 15.6 Å². The summed E-state index contributed by atoms with van der Waals surface area (Å²) >= 11 is 0. The normalized spacial score (nSPS) is 16.8. The van der Waals surface area contributed by atoms with Crippen molar-refractivity contribution in [3.63, 3.8) is 0 Å². The zero-order valence-corrected chi connectivity index (χ0v) is 9.45. The van der Waals surface area contributed by atoms with Crippen molar-refractivity contribution in [1.29, 1.82) is 0 Å². The van der Waals surface area contributed by atoms with E-state index < -0.39 is 8.32 Å². The second-order valence-electron chi connectivity index (χ2n) is 3.84. The highest BCUT2D eigenvalue weighted by molar-refractivity contribution is 6.69. The lowest BCUT2D eigenvalue weighted by atomic mass is 10.8. The Bertz CT molecular complexity index is 212. The van der Waals surface area contributed by atoms with Crippen LogP contribution in [0.2, 0.25) is 19.6 Å². The van der Waals surface area contributed by atoms with Crippen molar-refractivity contribution in [2.24, 2.45) is 0 Å². The Morgan fingerprint density at radius 3 is 2.62 bits per heavy atom. The lowest BCUT2D eigenvalue weighted by Gasteiger charge is -2.24. The molecule has 0 unspecified atom stereocenters. The first-order valence-electron chi connectivity index (χ1n) is 4.27. The van der Waals surface area contributed by atoms with Crippen molar-refractivity contribution in [3.05, 3.63) is 25.2 Å². The van der Waals surface area contributed by atoms with Crippen LogP contribution in [0.5, 0.6) is 0 Å². The third-order valence-corrected chi connectivity index (χ3v) is 2.48. The average Bonchev–Trinajstić information content (AvgIpc) is 2.47.